The Morgan fingerprint density at radius 2 is 1.60 bits per heavy atom. The SMILES string of the molecule is CN1CCCC12CCN(c1ccc(S(=O)(=O)N3CCCCCC3)cc1[N+](=O)[O-])CC2. The number of nitro benzene ring substituents is 1. The fourth-order valence-electron chi connectivity index (χ4n) is 5.38. The maximum atomic E-state index is 13.1. The maximum Gasteiger partial charge on any atom is 0.293 e. The lowest BCUT2D eigenvalue weighted by atomic mass is 9.85. The topological polar surface area (TPSA) is 87.0 Å². The third-order valence-electron chi connectivity index (χ3n) is 7.33. The summed E-state index contributed by atoms with van der Waals surface area (Å²) in [6, 6.07) is 4.45. The summed E-state index contributed by atoms with van der Waals surface area (Å²) < 4.78 is 27.7. The zero-order valence-corrected chi connectivity index (χ0v) is 18.6. The molecule has 30 heavy (non-hydrogen) atoms. The molecule has 3 saturated heterocycles. The first-order valence-corrected chi connectivity index (χ1v) is 12.5. The molecule has 0 aliphatic carbocycles. The number of hydrogen-bond acceptors (Lipinski definition) is 6. The fourth-order valence-corrected chi connectivity index (χ4v) is 6.91. The molecule has 4 rings (SSSR count). The predicted molar refractivity (Wildman–Crippen MR) is 116 cm³/mol. The minimum absolute atomic E-state index is 0.0313. The zero-order valence-electron chi connectivity index (χ0n) is 17.8. The van der Waals surface area contributed by atoms with Crippen LogP contribution in [0.2, 0.25) is 0 Å². The van der Waals surface area contributed by atoms with Crippen molar-refractivity contribution in [3.8, 4) is 0 Å². The molecule has 8 nitrogen and oxygen atoms in total. The highest BCUT2D eigenvalue weighted by Crippen LogP contribution is 2.40. The second-order valence-corrected chi connectivity index (χ2v) is 10.9. The van der Waals surface area contributed by atoms with Crippen molar-refractivity contribution in [3.63, 3.8) is 0 Å². The van der Waals surface area contributed by atoms with E-state index in [1.807, 2.05) is 0 Å². The van der Waals surface area contributed by atoms with Crippen molar-refractivity contribution in [3.05, 3.63) is 28.3 Å². The summed E-state index contributed by atoms with van der Waals surface area (Å²) in [5.74, 6) is 0. The second-order valence-electron chi connectivity index (χ2n) is 8.96. The highest BCUT2D eigenvalue weighted by Gasteiger charge is 2.42. The van der Waals surface area contributed by atoms with Gasteiger partial charge < -0.3 is 9.80 Å². The van der Waals surface area contributed by atoms with E-state index < -0.39 is 14.9 Å². The molecule has 1 aromatic rings. The average Bonchev–Trinajstić information content (AvgIpc) is 2.94. The van der Waals surface area contributed by atoms with E-state index >= 15 is 0 Å². The van der Waals surface area contributed by atoms with Gasteiger partial charge in [-0.2, -0.15) is 4.31 Å². The highest BCUT2D eigenvalue weighted by atomic mass is 32.2. The highest BCUT2D eigenvalue weighted by molar-refractivity contribution is 7.89. The lowest BCUT2D eigenvalue weighted by Crippen LogP contribution is -2.50. The van der Waals surface area contributed by atoms with Crippen molar-refractivity contribution >= 4 is 21.4 Å². The summed E-state index contributed by atoms with van der Waals surface area (Å²) in [5.41, 5.74) is 0.647. The van der Waals surface area contributed by atoms with Crippen molar-refractivity contribution in [1.82, 2.24) is 9.21 Å². The molecule has 1 spiro atoms. The van der Waals surface area contributed by atoms with Crippen molar-refractivity contribution in [2.24, 2.45) is 0 Å². The van der Waals surface area contributed by atoms with Gasteiger partial charge in [-0.05, 0) is 64.3 Å². The smallest absolute Gasteiger partial charge is 0.293 e. The number of rotatable bonds is 4. The predicted octanol–water partition coefficient (Wildman–Crippen LogP) is 3.22. The monoisotopic (exact) mass is 436 g/mol. The van der Waals surface area contributed by atoms with E-state index in [0.717, 1.165) is 58.2 Å². The van der Waals surface area contributed by atoms with Crippen molar-refractivity contribution in [2.75, 3.05) is 44.7 Å². The number of benzene rings is 1. The van der Waals surface area contributed by atoms with Crippen LogP contribution in [0.15, 0.2) is 23.1 Å². The summed E-state index contributed by atoms with van der Waals surface area (Å²) >= 11 is 0. The van der Waals surface area contributed by atoms with Crippen LogP contribution in [0, 0.1) is 10.1 Å². The molecule has 3 heterocycles. The molecule has 9 heteroatoms. The van der Waals surface area contributed by atoms with Gasteiger partial charge in [-0.15, -0.1) is 0 Å². The Morgan fingerprint density at radius 3 is 2.17 bits per heavy atom. The number of nitrogens with zero attached hydrogens (tertiary/aromatic N) is 4. The molecule has 0 N–H and O–H groups in total. The molecule has 166 valence electrons. The van der Waals surface area contributed by atoms with E-state index in [0.29, 0.717) is 18.8 Å². The maximum absolute atomic E-state index is 13.1. The molecule has 0 atom stereocenters. The molecule has 0 saturated carbocycles. The van der Waals surface area contributed by atoms with Gasteiger partial charge in [0.2, 0.25) is 10.0 Å². The first-order chi connectivity index (χ1) is 14.3. The van der Waals surface area contributed by atoms with Crippen LogP contribution < -0.4 is 4.90 Å². The van der Waals surface area contributed by atoms with E-state index in [1.54, 1.807) is 12.1 Å². The Morgan fingerprint density at radius 1 is 0.933 bits per heavy atom. The summed E-state index contributed by atoms with van der Waals surface area (Å²) in [5, 5.41) is 11.8. The molecule has 3 fully saturated rings. The van der Waals surface area contributed by atoms with Gasteiger partial charge in [-0.1, -0.05) is 12.8 Å². The van der Waals surface area contributed by atoms with Gasteiger partial charge in [0, 0.05) is 37.8 Å². The summed E-state index contributed by atoms with van der Waals surface area (Å²) in [6.07, 6.45) is 8.08. The standard InChI is InChI=1S/C21H32N4O4S/c1-22-12-6-9-21(22)10-15-23(16-11-21)19-8-7-18(17-20(19)25(26)27)30(28,29)24-13-4-2-3-5-14-24/h7-8,17H,2-6,9-16H2,1H3. The Labute approximate surface area is 179 Å². The van der Waals surface area contributed by atoms with Crippen molar-refractivity contribution in [2.45, 2.75) is 61.8 Å². The van der Waals surface area contributed by atoms with Gasteiger partial charge in [0.15, 0.2) is 0 Å². The lowest BCUT2D eigenvalue weighted by Gasteiger charge is -2.44. The van der Waals surface area contributed by atoms with Crippen LogP contribution in [0.4, 0.5) is 11.4 Å². The van der Waals surface area contributed by atoms with Crippen LogP contribution >= 0.6 is 0 Å². The van der Waals surface area contributed by atoms with E-state index in [-0.39, 0.29) is 16.1 Å². The van der Waals surface area contributed by atoms with Crippen molar-refractivity contribution in [1.29, 1.82) is 0 Å². The normalized spacial score (nSPS) is 23.6. The molecule has 3 aliphatic heterocycles. The number of anilines is 1. The summed E-state index contributed by atoms with van der Waals surface area (Å²) in [4.78, 5) is 15.9. The largest absolute Gasteiger partial charge is 0.366 e. The van der Waals surface area contributed by atoms with E-state index in [1.165, 1.54) is 23.2 Å². The van der Waals surface area contributed by atoms with Crippen LogP contribution in [-0.4, -0.2) is 67.9 Å². The van der Waals surface area contributed by atoms with Gasteiger partial charge in [0.25, 0.3) is 5.69 Å². The number of likely N-dealkylation sites (tertiary alicyclic amines) is 1. The molecule has 0 radical (unpaired) electrons. The molecular formula is C21H32N4O4S. The van der Waals surface area contributed by atoms with Crippen LogP contribution in [0.1, 0.15) is 51.4 Å². The van der Waals surface area contributed by atoms with E-state index in [2.05, 4.69) is 16.8 Å². The minimum atomic E-state index is -3.71. The third kappa shape index (κ3) is 3.94. The molecular weight excluding hydrogens is 404 g/mol. The first-order valence-electron chi connectivity index (χ1n) is 11.1. The molecule has 0 aromatic heterocycles. The number of hydrogen-bond donors (Lipinski definition) is 0. The first kappa shape index (κ1) is 21.5. The van der Waals surface area contributed by atoms with Crippen molar-refractivity contribution < 1.29 is 13.3 Å². The molecule has 0 unspecified atom stereocenters. The molecule has 0 amide bonds. The number of piperidine rings is 1. The van der Waals surface area contributed by atoms with Crippen LogP contribution in [0.5, 0.6) is 0 Å². The van der Waals surface area contributed by atoms with Gasteiger partial charge in [0.1, 0.15) is 5.69 Å². The number of sulfonamides is 1. The Balaban J connectivity index is 1.58. The minimum Gasteiger partial charge on any atom is -0.366 e. The zero-order chi connectivity index (χ0) is 21.4. The number of nitro groups is 1. The fraction of sp³-hybridized carbons (Fsp3) is 0.714. The molecule has 1 aromatic carbocycles. The third-order valence-corrected chi connectivity index (χ3v) is 9.22. The Hall–Kier alpha value is -1.71. The summed E-state index contributed by atoms with van der Waals surface area (Å²) in [7, 11) is -1.54. The van der Waals surface area contributed by atoms with E-state index in [4.69, 9.17) is 0 Å². The van der Waals surface area contributed by atoms with Crippen LogP contribution in [0.25, 0.3) is 0 Å². The van der Waals surface area contributed by atoms with E-state index in [9.17, 15) is 18.5 Å². The van der Waals surface area contributed by atoms with Gasteiger partial charge in [-0.25, -0.2) is 8.42 Å². The quantitative estimate of drug-likeness (QED) is 0.532. The summed E-state index contributed by atoms with van der Waals surface area (Å²) in [6.45, 7) is 3.59. The average molecular weight is 437 g/mol. The second kappa shape index (κ2) is 8.43. The molecule has 3 aliphatic rings. The van der Waals surface area contributed by atoms with Gasteiger partial charge in [-0.3, -0.25) is 10.1 Å². The van der Waals surface area contributed by atoms with Crippen LogP contribution in [0.3, 0.4) is 0 Å². The Bertz CT molecular complexity index is 888. The van der Waals surface area contributed by atoms with Gasteiger partial charge >= 0.3 is 0 Å². The van der Waals surface area contributed by atoms with Crippen LogP contribution in [-0.2, 0) is 10.0 Å². The molecule has 0 bridgehead atoms. The lowest BCUT2D eigenvalue weighted by molar-refractivity contribution is -0.384. The van der Waals surface area contributed by atoms with Gasteiger partial charge in [0.05, 0.1) is 9.82 Å². The Kier molecular flexibility index (Phi) is 6.05.